The molecule has 0 aromatic heterocycles. The molecule has 0 amide bonds. The molecular weight excluding hydrogens is 447 g/mol. The Hall–Kier alpha value is -0.414. The third kappa shape index (κ3) is 8.42. The monoisotopic (exact) mass is 482 g/mol. The molecule has 0 spiro atoms. The zero-order chi connectivity index (χ0) is 22.1. The fraction of sp³-hybridized carbons (Fsp3) is 0.520. The number of nitrogens with zero attached hydrogens (tertiary/aromatic N) is 1. The smallest absolute Gasteiger partial charge is 0.744 e. The molecule has 0 saturated heterocycles. The van der Waals surface area contributed by atoms with Gasteiger partial charge in [-0.3, -0.25) is 0 Å². The van der Waals surface area contributed by atoms with E-state index >= 15 is 0 Å². The molecule has 0 radical (unpaired) electrons. The molecule has 1 unspecified atom stereocenters. The van der Waals surface area contributed by atoms with Gasteiger partial charge in [0.1, 0.15) is 10.1 Å². The molecule has 0 fully saturated rings. The summed E-state index contributed by atoms with van der Waals surface area (Å²) in [7, 11) is -4.48. The molecule has 7 heteroatoms. The summed E-state index contributed by atoms with van der Waals surface area (Å²) in [5, 5.41) is 3.54. The van der Waals surface area contributed by atoms with Crippen molar-refractivity contribution < 1.29 is 64.4 Å². The van der Waals surface area contributed by atoms with Gasteiger partial charge < -0.3 is 14.8 Å². The van der Waals surface area contributed by atoms with E-state index in [2.05, 4.69) is 29.3 Å². The van der Waals surface area contributed by atoms with Crippen molar-refractivity contribution in [3.05, 3.63) is 54.1 Å². The maximum atomic E-state index is 11.5. The molecule has 3 rings (SSSR count). The first kappa shape index (κ1) is 27.8. The predicted octanol–water partition coefficient (Wildman–Crippen LogP) is 3.27. The number of unbranched alkanes of at least 4 members (excludes halogenated alkanes) is 8. The van der Waals surface area contributed by atoms with E-state index in [9.17, 15) is 13.0 Å². The van der Waals surface area contributed by atoms with Crippen molar-refractivity contribution in [3.63, 3.8) is 0 Å². The van der Waals surface area contributed by atoms with E-state index in [0.29, 0.717) is 6.54 Å². The van der Waals surface area contributed by atoms with Gasteiger partial charge in [-0.1, -0.05) is 88.6 Å². The minimum atomic E-state index is -4.48. The van der Waals surface area contributed by atoms with E-state index in [1.165, 1.54) is 63.5 Å². The van der Waals surface area contributed by atoms with Gasteiger partial charge in [-0.15, -0.1) is 0 Å². The molecular formula is C25H35KN2O3S. The predicted molar refractivity (Wildman–Crippen MR) is 126 cm³/mol. The second-order valence-corrected chi connectivity index (χ2v) is 9.90. The van der Waals surface area contributed by atoms with Crippen molar-refractivity contribution in [2.45, 2.75) is 88.7 Å². The molecule has 32 heavy (non-hydrogen) atoms. The Balaban J connectivity index is 0.00000363. The van der Waals surface area contributed by atoms with Gasteiger partial charge in [-0.2, -0.15) is 0 Å². The Morgan fingerprint density at radius 3 is 2.16 bits per heavy atom. The van der Waals surface area contributed by atoms with E-state index in [0.717, 1.165) is 29.8 Å². The normalized spacial score (nSPS) is 15.2. The summed E-state index contributed by atoms with van der Waals surface area (Å²) in [5.74, 6) is 0. The van der Waals surface area contributed by atoms with Crippen LogP contribution in [0.2, 0.25) is 0 Å². The molecule has 1 aliphatic rings. The Labute approximate surface area is 236 Å². The number of hydrogen-bond acceptors (Lipinski definition) is 5. The number of fused-ring (bicyclic) bond motifs is 1. The van der Waals surface area contributed by atoms with Gasteiger partial charge in [0.15, 0.2) is 0 Å². The van der Waals surface area contributed by atoms with Crippen LogP contribution in [-0.2, 0) is 16.7 Å². The Bertz CT molecular complexity index is 922. The molecule has 0 bridgehead atoms. The van der Waals surface area contributed by atoms with Crippen molar-refractivity contribution in [3.8, 4) is 0 Å². The third-order valence-corrected chi connectivity index (χ3v) is 6.87. The van der Waals surface area contributed by atoms with Crippen LogP contribution in [-0.4, -0.2) is 19.1 Å². The van der Waals surface area contributed by atoms with Gasteiger partial charge in [0.2, 0.25) is 0 Å². The summed E-state index contributed by atoms with van der Waals surface area (Å²) in [6.07, 6.45) is 12.7. The topological polar surface area (TPSA) is 72.5 Å². The van der Waals surface area contributed by atoms with Gasteiger partial charge in [0.25, 0.3) is 0 Å². The van der Waals surface area contributed by atoms with Crippen molar-refractivity contribution in [1.29, 1.82) is 0 Å². The first-order valence-corrected chi connectivity index (χ1v) is 13.1. The average molecular weight is 483 g/mol. The van der Waals surface area contributed by atoms with Crippen LogP contribution in [0.3, 0.4) is 0 Å². The summed E-state index contributed by atoms with van der Waals surface area (Å²) in [6.45, 7) is 2.92. The Kier molecular flexibility index (Phi) is 12.3. The van der Waals surface area contributed by atoms with Gasteiger partial charge >= 0.3 is 51.4 Å². The molecule has 2 aromatic rings. The van der Waals surface area contributed by atoms with Crippen LogP contribution in [0.15, 0.2) is 53.4 Å². The summed E-state index contributed by atoms with van der Waals surface area (Å²) >= 11 is 0. The first-order chi connectivity index (χ1) is 15.0. The number of benzene rings is 2. The maximum absolute atomic E-state index is 11.5. The standard InChI is InChI=1S/C25H36N2O3S.K/c1-2-3-4-5-6-7-8-9-13-16-25-26-23-18-17-22(31(28,29)30)19-24(23)27(25)20-21-14-11-10-12-15-21;/h10-12,14-15,17-19,25-26H,2-9,13,16,20H2,1H3,(H,28,29,30);/q;+1/p-1. The van der Waals surface area contributed by atoms with Crippen LogP contribution in [0.1, 0.15) is 76.7 Å². The summed E-state index contributed by atoms with van der Waals surface area (Å²) in [6, 6.07) is 14.8. The van der Waals surface area contributed by atoms with Gasteiger partial charge in [0.05, 0.1) is 22.4 Å². The van der Waals surface area contributed by atoms with Gasteiger partial charge in [-0.25, -0.2) is 8.42 Å². The SMILES string of the molecule is CCCCCCCCCCCC1Nc2ccc(S(=O)(=O)[O-])cc2N1Cc1ccccc1.[K+]. The Morgan fingerprint density at radius 2 is 1.53 bits per heavy atom. The van der Waals surface area contributed by atoms with Crippen LogP contribution >= 0.6 is 0 Å². The van der Waals surface area contributed by atoms with Crippen molar-refractivity contribution in [2.24, 2.45) is 0 Å². The molecule has 1 N–H and O–H groups in total. The zero-order valence-corrected chi connectivity index (χ0v) is 23.5. The summed E-state index contributed by atoms with van der Waals surface area (Å²) in [4.78, 5) is 2.03. The molecule has 170 valence electrons. The molecule has 5 nitrogen and oxygen atoms in total. The van der Waals surface area contributed by atoms with Crippen LogP contribution in [0, 0.1) is 0 Å². The van der Waals surface area contributed by atoms with E-state index in [-0.39, 0.29) is 62.4 Å². The van der Waals surface area contributed by atoms with Crippen LogP contribution < -0.4 is 61.6 Å². The maximum Gasteiger partial charge on any atom is 1.00 e. The number of nitrogens with one attached hydrogen (secondary N) is 1. The second-order valence-electron chi connectivity index (χ2n) is 8.52. The third-order valence-electron chi connectivity index (χ3n) is 6.04. The molecule has 0 saturated carbocycles. The van der Waals surface area contributed by atoms with E-state index in [4.69, 9.17) is 0 Å². The molecule has 1 atom stereocenters. The first-order valence-electron chi connectivity index (χ1n) is 11.7. The molecule has 1 aliphatic heterocycles. The van der Waals surface area contributed by atoms with Gasteiger partial charge in [0, 0.05) is 6.54 Å². The molecule has 0 aliphatic carbocycles. The average Bonchev–Trinajstić information content (AvgIpc) is 3.09. The summed E-state index contributed by atoms with van der Waals surface area (Å²) in [5.41, 5.74) is 2.84. The largest absolute Gasteiger partial charge is 1.00 e. The quantitative estimate of drug-likeness (QED) is 0.269. The zero-order valence-electron chi connectivity index (χ0n) is 19.6. The summed E-state index contributed by atoms with van der Waals surface area (Å²) < 4.78 is 34.6. The molecule has 1 heterocycles. The number of rotatable bonds is 13. The van der Waals surface area contributed by atoms with E-state index < -0.39 is 10.1 Å². The van der Waals surface area contributed by atoms with Crippen LogP contribution in [0.5, 0.6) is 0 Å². The van der Waals surface area contributed by atoms with E-state index in [1.54, 1.807) is 6.07 Å². The Morgan fingerprint density at radius 1 is 0.906 bits per heavy atom. The van der Waals surface area contributed by atoms with Crippen molar-refractivity contribution in [1.82, 2.24) is 0 Å². The number of anilines is 2. The van der Waals surface area contributed by atoms with Gasteiger partial charge in [-0.05, 0) is 36.6 Å². The van der Waals surface area contributed by atoms with Crippen molar-refractivity contribution >= 4 is 21.5 Å². The molecule has 2 aromatic carbocycles. The number of hydrogen-bond donors (Lipinski definition) is 1. The minimum absolute atomic E-state index is 0. The second kappa shape index (κ2) is 14.1. The van der Waals surface area contributed by atoms with Crippen molar-refractivity contribution in [2.75, 3.05) is 10.2 Å². The fourth-order valence-electron chi connectivity index (χ4n) is 4.30. The van der Waals surface area contributed by atoms with Crippen LogP contribution in [0.4, 0.5) is 11.4 Å². The fourth-order valence-corrected chi connectivity index (χ4v) is 4.79. The minimum Gasteiger partial charge on any atom is -0.744 e. The van der Waals surface area contributed by atoms with E-state index in [1.807, 2.05) is 18.2 Å². The van der Waals surface area contributed by atoms with Crippen LogP contribution in [0.25, 0.3) is 0 Å².